The van der Waals surface area contributed by atoms with Crippen LogP contribution in [0.2, 0.25) is 0 Å². The van der Waals surface area contributed by atoms with Crippen LogP contribution in [0, 0.1) is 0 Å². The molecule has 1 aliphatic rings. The van der Waals surface area contributed by atoms with Crippen LogP contribution in [-0.4, -0.2) is 39.9 Å². The molecule has 2 heterocycles. The number of aromatic nitrogens is 1. The molecule has 17 heavy (non-hydrogen) atoms. The molecule has 3 nitrogen and oxygen atoms in total. The summed E-state index contributed by atoms with van der Waals surface area (Å²) in [7, 11) is 0. The Labute approximate surface area is 118 Å². The average Bonchev–Trinajstić information content (AvgIpc) is 2.38. The molecule has 0 spiro atoms. The molecule has 0 bridgehead atoms. The number of hydrogen-bond acceptors (Lipinski definition) is 4. The zero-order valence-corrected chi connectivity index (χ0v) is 12.4. The third kappa shape index (κ3) is 4.19. The van der Waals surface area contributed by atoms with Crippen molar-refractivity contribution in [1.82, 2.24) is 10.3 Å². The van der Waals surface area contributed by atoms with E-state index in [0.717, 1.165) is 16.8 Å². The molecule has 0 radical (unpaired) electrons. The summed E-state index contributed by atoms with van der Waals surface area (Å²) in [6.07, 6.45) is 1.64. The molecule has 0 aliphatic carbocycles. The van der Waals surface area contributed by atoms with Crippen molar-refractivity contribution in [2.24, 2.45) is 0 Å². The van der Waals surface area contributed by atoms with Crippen molar-refractivity contribution >= 4 is 45.4 Å². The molecule has 2 rings (SSSR count). The van der Waals surface area contributed by atoms with Crippen LogP contribution in [0.15, 0.2) is 22.8 Å². The van der Waals surface area contributed by atoms with E-state index in [0.29, 0.717) is 10.9 Å². The van der Waals surface area contributed by atoms with Gasteiger partial charge in [0.15, 0.2) is 0 Å². The van der Waals surface area contributed by atoms with E-state index in [2.05, 4.69) is 26.2 Å². The number of carbonyl (C=O) groups is 1. The van der Waals surface area contributed by atoms with Crippen LogP contribution in [0.5, 0.6) is 0 Å². The summed E-state index contributed by atoms with van der Waals surface area (Å²) in [5.74, 6) is 3.44. The first-order valence-corrected chi connectivity index (χ1v) is 8.34. The number of halogens is 1. The molecule has 92 valence electrons. The van der Waals surface area contributed by atoms with Crippen molar-refractivity contribution in [2.45, 2.75) is 5.25 Å². The zero-order chi connectivity index (χ0) is 12.1. The number of thioether (sulfide) groups is 2. The highest BCUT2D eigenvalue weighted by Gasteiger charge is 2.15. The van der Waals surface area contributed by atoms with E-state index >= 15 is 0 Å². The summed E-state index contributed by atoms with van der Waals surface area (Å²) >= 11 is 7.19. The van der Waals surface area contributed by atoms with Gasteiger partial charge in [-0.1, -0.05) is 0 Å². The van der Waals surface area contributed by atoms with Crippen LogP contribution in [0.3, 0.4) is 0 Å². The monoisotopic (exact) mass is 332 g/mol. The number of carbonyl (C=O) groups excluding carboxylic acids is 1. The van der Waals surface area contributed by atoms with Crippen LogP contribution < -0.4 is 5.32 Å². The smallest absolute Gasteiger partial charge is 0.269 e. The van der Waals surface area contributed by atoms with Gasteiger partial charge in [0, 0.05) is 39.7 Å². The van der Waals surface area contributed by atoms with E-state index in [4.69, 9.17) is 0 Å². The van der Waals surface area contributed by atoms with Crippen LogP contribution in [-0.2, 0) is 0 Å². The largest absolute Gasteiger partial charge is 0.350 e. The number of amides is 1. The first-order valence-electron chi connectivity index (χ1n) is 5.35. The average molecular weight is 333 g/mol. The van der Waals surface area contributed by atoms with Gasteiger partial charge >= 0.3 is 0 Å². The second-order valence-corrected chi connectivity index (χ2v) is 7.11. The Morgan fingerprint density at radius 1 is 1.53 bits per heavy atom. The van der Waals surface area contributed by atoms with Gasteiger partial charge < -0.3 is 5.32 Å². The number of nitrogens with one attached hydrogen (secondary N) is 1. The van der Waals surface area contributed by atoms with Gasteiger partial charge in [-0.25, -0.2) is 4.98 Å². The Morgan fingerprint density at radius 2 is 2.41 bits per heavy atom. The Bertz CT molecular complexity index is 380. The van der Waals surface area contributed by atoms with E-state index in [1.54, 1.807) is 12.3 Å². The van der Waals surface area contributed by atoms with Crippen LogP contribution >= 0.6 is 39.5 Å². The fourth-order valence-electron chi connectivity index (χ4n) is 1.46. The molecule has 1 atom stereocenters. The van der Waals surface area contributed by atoms with Crippen molar-refractivity contribution in [3.63, 3.8) is 0 Å². The lowest BCUT2D eigenvalue weighted by Crippen LogP contribution is -2.33. The second-order valence-electron chi connectivity index (χ2n) is 3.64. The predicted octanol–water partition coefficient (Wildman–Crippen LogP) is 2.42. The van der Waals surface area contributed by atoms with Crippen molar-refractivity contribution in [1.29, 1.82) is 0 Å². The maximum Gasteiger partial charge on any atom is 0.269 e. The molecule has 1 aromatic rings. The highest BCUT2D eigenvalue weighted by atomic mass is 79.9. The summed E-state index contributed by atoms with van der Waals surface area (Å²) in [5.41, 5.74) is 0.474. The van der Waals surface area contributed by atoms with Gasteiger partial charge in [0.25, 0.3) is 5.91 Å². The second kappa shape index (κ2) is 6.66. The number of pyridine rings is 1. The zero-order valence-electron chi connectivity index (χ0n) is 9.19. The molecular weight excluding hydrogens is 320 g/mol. The molecular formula is C11H13BrN2OS2. The highest BCUT2D eigenvalue weighted by Crippen LogP contribution is 2.23. The van der Waals surface area contributed by atoms with E-state index < -0.39 is 0 Å². The maximum atomic E-state index is 11.8. The third-order valence-corrected chi connectivity index (χ3v) is 5.65. The normalized spacial score (nSPS) is 19.9. The Morgan fingerprint density at radius 3 is 3.06 bits per heavy atom. The van der Waals surface area contributed by atoms with Gasteiger partial charge in [0.05, 0.1) is 0 Å². The van der Waals surface area contributed by atoms with Gasteiger partial charge in [-0.3, -0.25) is 4.79 Å². The Hall–Kier alpha value is -0.200. The molecule has 6 heteroatoms. The molecule has 0 aromatic carbocycles. The first kappa shape index (κ1) is 13.2. The molecule has 1 fully saturated rings. The summed E-state index contributed by atoms with van der Waals surface area (Å²) in [4.78, 5) is 15.9. The molecule has 0 saturated carbocycles. The summed E-state index contributed by atoms with van der Waals surface area (Å²) in [6, 6.07) is 3.55. The van der Waals surface area contributed by atoms with Crippen LogP contribution in [0.4, 0.5) is 0 Å². The van der Waals surface area contributed by atoms with Crippen molar-refractivity contribution in [2.75, 3.05) is 23.8 Å². The number of hydrogen-bond donors (Lipinski definition) is 1. The lowest BCUT2D eigenvalue weighted by atomic mass is 10.3. The molecule has 1 N–H and O–H groups in total. The Balaban J connectivity index is 1.82. The first-order chi connectivity index (χ1) is 8.25. The fourth-order valence-corrected chi connectivity index (χ4v) is 4.31. The van der Waals surface area contributed by atoms with Gasteiger partial charge in [-0.15, -0.1) is 0 Å². The van der Waals surface area contributed by atoms with Crippen molar-refractivity contribution in [3.05, 3.63) is 28.5 Å². The fraction of sp³-hybridized carbons (Fsp3) is 0.455. The molecule has 1 amide bonds. The minimum atomic E-state index is -0.0892. The van der Waals surface area contributed by atoms with E-state index in [1.807, 2.05) is 29.6 Å². The SMILES string of the molecule is O=C(NCC1CSCCS1)c1ccc(Br)cn1. The quantitative estimate of drug-likeness (QED) is 0.923. The van der Waals surface area contributed by atoms with Crippen molar-refractivity contribution in [3.8, 4) is 0 Å². The van der Waals surface area contributed by atoms with Crippen LogP contribution in [0.25, 0.3) is 0 Å². The summed E-state index contributed by atoms with van der Waals surface area (Å²) in [6.45, 7) is 0.730. The van der Waals surface area contributed by atoms with E-state index in [9.17, 15) is 4.79 Å². The Kier molecular flexibility index (Phi) is 5.18. The number of nitrogens with zero attached hydrogens (tertiary/aromatic N) is 1. The minimum Gasteiger partial charge on any atom is -0.350 e. The highest BCUT2D eigenvalue weighted by molar-refractivity contribution is 9.10. The van der Waals surface area contributed by atoms with E-state index in [1.165, 1.54) is 11.5 Å². The summed E-state index contributed by atoms with van der Waals surface area (Å²) < 4.78 is 0.883. The van der Waals surface area contributed by atoms with Crippen LogP contribution in [0.1, 0.15) is 10.5 Å². The molecule has 1 aromatic heterocycles. The number of rotatable bonds is 3. The van der Waals surface area contributed by atoms with Gasteiger partial charge in [0.1, 0.15) is 5.69 Å². The third-order valence-electron chi connectivity index (χ3n) is 2.34. The van der Waals surface area contributed by atoms with E-state index in [-0.39, 0.29) is 5.91 Å². The molecule has 1 aliphatic heterocycles. The molecule has 1 unspecified atom stereocenters. The maximum absolute atomic E-state index is 11.8. The minimum absolute atomic E-state index is 0.0892. The summed E-state index contributed by atoms with van der Waals surface area (Å²) in [5, 5.41) is 3.47. The standard InChI is InChI=1S/C11H13BrN2OS2/c12-8-1-2-10(13-5-8)11(15)14-6-9-7-16-3-4-17-9/h1-2,5,9H,3-4,6-7H2,(H,14,15). The van der Waals surface area contributed by atoms with Gasteiger partial charge in [-0.2, -0.15) is 23.5 Å². The molecule has 1 saturated heterocycles. The van der Waals surface area contributed by atoms with Gasteiger partial charge in [0.2, 0.25) is 0 Å². The van der Waals surface area contributed by atoms with Crippen molar-refractivity contribution < 1.29 is 4.79 Å². The predicted molar refractivity (Wildman–Crippen MR) is 77.8 cm³/mol. The lowest BCUT2D eigenvalue weighted by Gasteiger charge is -2.20. The van der Waals surface area contributed by atoms with Gasteiger partial charge in [-0.05, 0) is 28.1 Å². The topological polar surface area (TPSA) is 42.0 Å². The lowest BCUT2D eigenvalue weighted by molar-refractivity contribution is 0.0949.